The molecule has 138 valence electrons. The molecule has 2 aromatic carbocycles. The van der Waals surface area contributed by atoms with Crippen LogP contribution >= 0.6 is 15.9 Å². The first-order valence-corrected chi connectivity index (χ1v) is 9.78. The topological polar surface area (TPSA) is 47.6 Å². The van der Waals surface area contributed by atoms with Crippen molar-refractivity contribution in [2.75, 3.05) is 26.4 Å². The van der Waals surface area contributed by atoms with Gasteiger partial charge in [-0.1, -0.05) is 46.3 Å². The van der Waals surface area contributed by atoms with Crippen LogP contribution in [0.15, 0.2) is 53.0 Å². The number of carbonyl (C=O) groups excluding carboxylic acids is 1. The number of benzene rings is 2. The fourth-order valence-corrected chi connectivity index (χ4v) is 3.79. The summed E-state index contributed by atoms with van der Waals surface area (Å²) < 4.78 is 12.0. The smallest absolute Gasteiger partial charge is 0.255 e. The highest BCUT2D eigenvalue weighted by Gasteiger charge is 2.35. The summed E-state index contributed by atoms with van der Waals surface area (Å²) in [4.78, 5) is 12.9. The maximum Gasteiger partial charge on any atom is 0.255 e. The molecular weight excluding hydrogens is 394 g/mol. The summed E-state index contributed by atoms with van der Waals surface area (Å²) in [5, 5.41) is 3.14. The van der Waals surface area contributed by atoms with Gasteiger partial charge in [-0.2, -0.15) is 0 Å². The van der Waals surface area contributed by atoms with Crippen LogP contribution in [-0.2, 0) is 10.2 Å². The number of hydrogen-bond acceptors (Lipinski definition) is 3. The predicted octanol–water partition coefficient (Wildman–Crippen LogP) is 4.33. The van der Waals surface area contributed by atoms with Crippen LogP contribution in [-0.4, -0.2) is 32.3 Å². The molecule has 1 heterocycles. The highest BCUT2D eigenvalue weighted by atomic mass is 79.9. The predicted molar refractivity (Wildman–Crippen MR) is 106 cm³/mol. The van der Waals surface area contributed by atoms with Crippen LogP contribution in [0, 0.1) is 0 Å². The monoisotopic (exact) mass is 417 g/mol. The van der Waals surface area contributed by atoms with Gasteiger partial charge in [-0.25, -0.2) is 0 Å². The van der Waals surface area contributed by atoms with Crippen molar-refractivity contribution in [3.8, 4) is 5.75 Å². The van der Waals surface area contributed by atoms with E-state index in [9.17, 15) is 4.79 Å². The zero-order chi connectivity index (χ0) is 18.4. The van der Waals surface area contributed by atoms with Crippen molar-refractivity contribution < 1.29 is 14.3 Å². The molecule has 0 saturated carbocycles. The number of hydrogen-bond donors (Lipinski definition) is 1. The average molecular weight is 418 g/mol. The van der Waals surface area contributed by atoms with Gasteiger partial charge >= 0.3 is 0 Å². The van der Waals surface area contributed by atoms with Crippen molar-refractivity contribution in [2.24, 2.45) is 0 Å². The third-order valence-electron chi connectivity index (χ3n) is 4.91. The van der Waals surface area contributed by atoms with E-state index in [1.807, 2.05) is 25.1 Å². The molecule has 0 atom stereocenters. The summed E-state index contributed by atoms with van der Waals surface area (Å²) in [7, 11) is 0. The van der Waals surface area contributed by atoms with Gasteiger partial charge in [0.2, 0.25) is 0 Å². The first-order valence-electron chi connectivity index (χ1n) is 8.98. The Kier molecular flexibility index (Phi) is 6.33. The summed E-state index contributed by atoms with van der Waals surface area (Å²) in [5.74, 6) is 0.491. The summed E-state index contributed by atoms with van der Waals surface area (Å²) in [6.45, 7) is 4.44. The SMILES string of the molecule is CCOc1ccc(Br)cc1C(=O)NCC1(c2ccccc2)CCOCC1. The van der Waals surface area contributed by atoms with Crippen molar-refractivity contribution >= 4 is 21.8 Å². The first-order chi connectivity index (χ1) is 12.6. The standard InChI is InChI=1S/C21H24BrNO3/c1-2-26-19-9-8-17(22)14-18(19)20(24)23-15-21(10-12-25-13-11-21)16-6-4-3-5-7-16/h3-9,14H,2,10-13,15H2,1H3,(H,23,24). The number of amides is 1. The normalized spacial score (nSPS) is 16.1. The Balaban J connectivity index is 1.79. The lowest BCUT2D eigenvalue weighted by atomic mass is 9.74. The number of rotatable bonds is 6. The largest absolute Gasteiger partial charge is 0.493 e. The average Bonchev–Trinajstić information content (AvgIpc) is 2.69. The Morgan fingerprint density at radius 2 is 1.92 bits per heavy atom. The van der Waals surface area contributed by atoms with Crippen molar-refractivity contribution in [3.63, 3.8) is 0 Å². The van der Waals surface area contributed by atoms with E-state index >= 15 is 0 Å². The molecule has 1 aliphatic rings. The minimum Gasteiger partial charge on any atom is -0.493 e. The Bertz CT molecular complexity index is 742. The fraction of sp³-hybridized carbons (Fsp3) is 0.381. The molecule has 0 radical (unpaired) electrons. The van der Waals surface area contributed by atoms with E-state index in [1.165, 1.54) is 5.56 Å². The van der Waals surface area contributed by atoms with Gasteiger partial charge in [0.15, 0.2) is 0 Å². The van der Waals surface area contributed by atoms with Gasteiger partial charge in [-0.3, -0.25) is 4.79 Å². The van der Waals surface area contributed by atoms with Gasteiger partial charge in [-0.05, 0) is 43.5 Å². The number of nitrogens with one attached hydrogen (secondary N) is 1. The van der Waals surface area contributed by atoms with Gasteiger partial charge in [0.25, 0.3) is 5.91 Å². The van der Waals surface area contributed by atoms with E-state index < -0.39 is 0 Å². The van der Waals surface area contributed by atoms with E-state index in [1.54, 1.807) is 6.07 Å². The van der Waals surface area contributed by atoms with Gasteiger partial charge in [-0.15, -0.1) is 0 Å². The molecule has 3 rings (SSSR count). The van der Waals surface area contributed by atoms with E-state index in [0.29, 0.717) is 37.7 Å². The van der Waals surface area contributed by atoms with Crippen LogP contribution in [0.4, 0.5) is 0 Å². The van der Waals surface area contributed by atoms with Gasteiger partial charge in [0, 0.05) is 29.6 Å². The third-order valence-corrected chi connectivity index (χ3v) is 5.40. The minimum atomic E-state index is -0.114. The molecular formula is C21H24BrNO3. The maximum atomic E-state index is 12.9. The summed E-state index contributed by atoms with van der Waals surface area (Å²) in [6, 6.07) is 15.9. The molecule has 1 amide bonds. The van der Waals surface area contributed by atoms with Crippen LogP contribution < -0.4 is 10.1 Å². The Hall–Kier alpha value is -1.85. The van der Waals surface area contributed by atoms with E-state index in [4.69, 9.17) is 9.47 Å². The summed E-state index contributed by atoms with van der Waals surface area (Å²) >= 11 is 3.44. The lowest BCUT2D eigenvalue weighted by Crippen LogP contribution is -2.44. The van der Waals surface area contributed by atoms with Crippen LogP contribution in [0.5, 0.6) is 5.75 Å². The molecule has 1 saturated heterocycles. The second kappa shape index (κ2) is 8.69. The molecule has 0 aromatic heterocycles. The molecule has 0 unspecified atom stereocenters. The Morgan fingerprint density at radius 3 is 2.62 bits per heavy atom. The summed E-state index contributed by atoms with van der Waals surface area (Å²) in [5.41, 5.74) is 1.71. The molecule has 1 aliphatic heterocycles. The van der Waals surface area contributed by atoms with E-state index in [-0.39, 0.29) is 11.3 Å². The third kappa shape index (κ3) is 4.27. The number of ether oxygens (including phenoxy) is 2. The van der Waals surface area contributed by atoms with Crippen molar-refractivity contribution in [2.45, 2.75) is 25.2 Å². The summed E-state index contributed by atoms with van der Waals surface area (Å²) in [6.07, 6.45) is 1.79. The Labute approximate surface area is 163 Å². The van der Waals surface area contributed by atoms with Crippen LogP contribution in [0.25, 0.3) is 0 Å². The van der Waals surface area contributed by atoms with E-state index in [2.05, 4.69) is 45.5 Å². The molecule has 4 nitrogen and oxygen atoms in total. The first kappa shape index (κ1) is 18.9. The number of halogens is 1. The van der Waals surface area contributed by atoms with Crippen LogP contribution in [0.3, 0.4) is 0 Å². The zero-order valence-corrected chi connectivity index (χ0v) is 16.6. The van der Waals surface area contributed by atoms with Crippen molar-refractivity contribution in [1.29, 1.82) is 0 Å². The maximum absolute atomic E-state index is 12.9. The number of carbonyl (C=O) groups is 1. The molecule has 26 heavy (non-hydrogen) atoms. The van der Waals surface area contributed by atoms with Crippen LogP contribution in [0.1, 0.15) is 35.7 Å². The van der Waals surface area contributed by atoms with Crippen LogP contribution in [0.2, 0.25) is 0 Å². The molecule has 0 bridgehead atoms. The van der Waals surface area contributed by atoms with Gasteiger partial charge < -0.3 is 14.8 Å². The molecule has 0 aliphatic carbocycles. The van der Waals surface area contributed by atoms with Crippen molar-refractivity contribution in [3.05, 3.63) is 64.1 Å². The molecule has 2 aromatic rings. The molecule has 1 N–H and O–H groups in total. The molecule has 5 heteroatoms. The lowest BCUT2D eigenvalue weighted by Gasteiger charge is -2.38. The van der Waals surface area contributed by atoms with E-state index in [0.717, 1.165) is 17.3 Å². The highest BCUT2D eigenvalue weighted by Crippen LogP contribution is 2.34. The zero-order valence-electron chi connectivity index (χ0n) is 15.0. The molecule has 0 spiro atoms. The quantitative estimate of drug-likeness (QED) is 0.760. The second-order valence-corrected chi connectivity index (χ2v) is 7.43. The Morgan fingerprint density at radius 1 is 1.19 bits per heavy atom. The van der Waals surface area contributed by atoms with Gasteiger partial charge in [0.1, 0.15) is 5.75 Å². The van der Waals surface area contributed by atoms with Crippen molar-refractivity contribution in [1.82, 2.24) is 5.32 Å². The van der Waals surface area contributed by atoms with Gasteiger partial charge in [0.05, 0.1) is 12.2 Å². The molecule has 1 fully saturated rings. The second-order valence-electron chi connectivity index (χ2n) is 6.51. The minimum absolute atomic E-state index is 0.0903. The fourth-order valence-electron chi connectivity index (χ4n) is 3.43. The highest BCUT2D eigenvalue weighted by molar-refractivity contribution is 9.10. The lowest BCUT2D eigenvalue weighted by molar-refractivity contribution is 0.0487.